The van der Waals surface area contributed by atoms with E-state index >= 15 is 0 Å². The molecule has 31 heavy (non-hydrogen) atoms. The molecule has 0 aliphatic carbocycles. The van der Waals surface area contributed by atoms with E-state index in [1.165, 1.54) is 16.7 Å². The molecule has 0 bridgehead atoms. The summed E-state index contributed by atoms with van der Waals surface area (Å²) in [7, 11) is 0. The molecule has 4 aromatic rings. The van der Waals surface area contributed by atoms with Crippen LogP contribution in [-0.2, 0) is 17.8 Å². The van der Waals surface area contributed by atoms with Crippen LogP contribution >= 0.6 is 0 Å². The fraction of sp³-hybridized carbons (Fsp3) is 0.259. The Kier molecular flexibility index (Phi) is 5.06. The van der Waals surface area contributed by atoms with E-state index < -0.39 is 0 Å². The van der Waals surface area contributed by atoms with Crippen LogP contribution in [0.25, 0.3) is 11.0 Å². The molecular formula is C27H27N3O. The minimum Gasteiger partial charge on any atom is -0.327 e. The Hall–Kier alpha value is -3.40. The lowest BCUT2D eigenvalue weighted by molar-refractivity contribution is -0.117. The van der Waals surface area contributed by atoms with Crippen molar-refractivity contribution in [2.45, 2.75) is 39.2 Å². The van der Waals surface area contributed by atoms with Crippen LogP contribution in [0.1, 0.15) is 34.9 Å². The van der Waals surface area contributed by atoms with Crippen LogP contribution in [0.15, 0.2) is 72.8 Å². The van der Waals surface area contributed by atoms with Gasteiger partial charge in [-0.05, 0) is 61.2 Å². The third-order valence-corrected chi connectivity index (χ3v) is 6.16. The molecule has 1 fully saturated rings. The zero-order valence-electron chi connectivity index (χ0n) is 18.1. The van der Waals surface area contributed by atoms with E-state index in [0.717, 1.165) is 35.5 Å². The van der Waals surface area contributed by atoms with Crippen LogP contribution in [0.3, 0.4) is 0 Å². The predicted molar refractivity (Wildman–Crippen MR) is 126 cm³/mol. The van der Waals surface area contributed by atoms with Crippen LogP contribution in [0.4, 0.5) is 5.69 Å². The first-order chi connectivity index (χ1) is 15.1. The first-order valence-corrected chi connectivity index (χ1v) is 11.0. The van der Waals surface area contributed by atoms with Crippen LogP contribution in [0, 0.1) is 13.8 Å². The van der Waals surface area contributed by atoms with Crippen LogP contribution < -0.4 is 4.90 Å². The summed E-state index contributed by atoms with van der Waals surface area (Å²) in [5.41, 5.74) is 6.82. The molecule has 2 heterocycles. The van der Waals surface area contributed by atoms with E-state index in [2.05, 4.69) is 79.1 Å². The van der Waals surface area contributed by atoms with Crippen molar-refractivity contribution in [3.63, 3.8) is 0 Å². The summed E-state index contributed by atoms with van der Waals surface area (Å²) in [6.45, 7) is 5.69. The quantitative estimate of drug-likeness (QED) is 0.442. The summed E-state index contributed by atoms with van der Waals surface area (Å²) < 4.78 is 2.32. The maximum Gasteiger partial charge on any atom is 0.227 e. The van der Waals surface area contributed by atoms with E-state index in [1.807, 2.05) is 17.0 Å². The SMILES string of the molecule is Cc1cc(C)cc(N2CC(c3nc4ccccc4n3CCc3ccccc3)CC2=O)c1. The number of amides is 1. The molecular weight excluding hydrogens is 382 g/mol. The van der Waals surface area contributed by atoms with Gasteiger partial charge in [0.15, 0.2) is 0 Å². The molecule has 1 amide bonds. The number of carbonyl (C=O) groups is 1. The molecule has 1 aliphatic rings. The summed E-state index contributed by atoms with van der Waals surface area (Å²) in [6, 6.07) is 25.2. The molecule has 0 spiro atoms. The van der Waals surface area contributed by atoms with Crippen molar-refractivity contribution in [2.24, 2.45) is 0 Å². The average molecular weight is 410 g/mol. The summed E-state index contributed by atoms with van der Waals surface area (Å²) >= 11 is 0. The predicted octanol–water partition coefficient (Wildman–Crippen LogP) is 5.42. The third kappa shape index (κ3) is 3.86. The van der Waals surface area contributed by atoms with Crippen LogP contribution in [0.2, 0.25) is 0 Å². The Morgan fingerprint density at radius 2 is 1.65 bits per heavy atom. The van der Waals surface area contributed by atoms with E-state index in [1.54, 1.807) is 0 Å². The normalized spacial score (nSPS) is 16.4. The zero-order valence-corrected chi connectivity index (χ0v) is 18.1. The highest BCUT2D eigenvalue weighted by Crippen LogP contribution is 2.34. The van der Waals surface area contributed by atoms with Crippen molar-refractivity contribution in [3.05, 3.63) is 95.3 Å². The first kappa shape index (κ1) is 19.6. The summed E-state index contributed by atoms with van der Waals surface area (Å²) in [4.78, 5) is 19.9. The topological polar surface area (TPSA) is 38.1 Å². The number of anilines is 1. The van der Waals surface area contributed by atoms with E-state index in [-0.39, 0.29) is 11.8 Å². The van der Waals surface area contributed by atoms with Crippen molar-refractivity contribution in [3.8, 4) is 0 Å². The number of carbonyl (C=O) groups excluding carboxylic acids is 1. The van der Waals surface area contributed by atoms with E-state index in [9.17, 15) is 4.79 Å². The lowest BCUT2D eigenvalue weighted by Crippen LogP contribution is -2.24. The molecule has 0 radical (unpaired) electrons. The number of rotatable bonds is 5. The fourth-order valence-electron chi connectivity index (χ4n) is 4.76. The molecule has 1 aliphatic heterocycles. The number of hydrogen-bond donors (Lipinski definition) is 0. The summed E-state index contributed by atoms with van der Waals surface area (Å²) in [5, 5.41) is 0. The van der Waals surface area contributed by atoms with Gasteiger partial charge in [-0.15, -0.1) is 0 Å². The van der Waals surface area contributed by atoms with Gasteiger partial charge in [-0.1, -0.05) is 48.5 Å². The second kappa shape index (κ2) is 8.03. The fourth-order valence-corrected chi connectivity index (χ4v) is 4.76. The monoisotopic (exact) mass is 409 g/mol. The smallest absolute Gasteiger partial charge is 0.227 e. The van der Waals surface area contributed by atoms with E-state index in [0.29, 0.717) is 13.0 Å². The Morgan fingerprint density at radius 3 is 2.42 bits per heavy atom. The maximum atomic E-state index is 13.0. The molecule has 1 aromatic heterocycles. The number of aromatic nitrogens is 2. The van der Waals surface area contributed by atoms with Gasteiger partial charge >= 0.3 is 0 Å². The molecule has 1 unspecified atom stereocenters. The number of para-hydroxylation sites is 2. The minimum atomic E-state index is 0.0940. The summed E-state index contributed by atoms with van der Waals surface area (Å²) in [6.07, 6.45) is 1.44. The highest BCUT2D eigenvalue weighted by Gasteiger charge is 2.35. The Bertz CT molecular complexity index is 1220. The first-order valence-electron chi connectivity index (χ1n) is 11.0. The number of imidazole rings is 1. The highest BCUT2D eigenvalue weighted by molar-refractivity contribution is 5.96. The standard InChI is InChI=1S/C27H27N3O/c1-19-14-20(2)16-23(15-19)30-18-22(17-26(30)31)27-28-24-10-6-7-11-25(24)29(27)13-12-21-8-4-3-5-9-21/h3-11,14-16,22H,12-13,17-18H2,1-2H3. The average Bonchev–Trinajstić information content (AvgIpc) is 3.33. The second-order valence-electron chi connectivity index (χ2n) is 8.60. The second-order valence-corrected chi connectivity index (χ2v) is 8.60. The Morgan fingerprint density at radius 1 is 0.935 bits per heavy atom. The summed E-state index contributed by atoms with van der Waals surface area (Å²) in [5.74, 6) is 1.30. The van der Waals surface area contributed by atoms with Crippen molar-refractivity contribution in [1.82, 2.24) is 9.55 Å². The van der Waals surface area contributed by atoms with Gasteiger partial charge in [0.2, 0.25) is 5.91 Å². The molecule has 156 valence electrons. The van der Waals surface area contributed by atoms with Gasteiger partial charge in [-0.2, -0.15) is 0 Å². The van der Waals surface area contributed by atoms with Crippen LogP contribution in [-0.4, -0.2) is 22.0 Å². The van der Waals surface area contributed by atoms with Crippen LogP contribution in [0.5, 0.6) is 0 Å². The maximum absolute atomic E-state index is 13.0. The molecule has 1 atom stereocenters. The lowest BCUT2D eigenvalue weighted by Gasteiger charge is -2.19. The number of fused-ring (bicyclic) bond motifs is 1. The van der Waals surface area contributed by atoms with Gasteiger partial charge in [-0.25, -0.2) is 4.98 Å². The molecule has 4 heteroatoms. The van der Waals surface area contributed by atoms with Gasteiger partial charge < -0.3 is 9.47 Å². The number of aryl methyl sites for hydroxylation is 4. The van der Waals surface area contributed by atoms with Gasteiger partial charge in [0, 0.05) is 31.1 Å². The van der Waals surface area contributed by atoms with Crippen molar-refractivity contribution >= 4 is 22.6 Å². The molecule has 3 aromatic carbocycles. The number of hydrogen-bond acceptors (Lipinski definition) is 2. The molecule has 4 nitrogen and oxygen atoms in total. The van der Waals surface area contributed by atoms with Gasteiger partial charge in [0.25, 0.3) is 0 Å². The van der Waals surface area contributed by atoms with E-state index in [4.69, 9.17) is 4.98 Å². The number of benzene rings is 3. The Balaban J connectivity index is 1.47. The van der Waals surface area contributed by atoms with Gasteiger partial charge in [0.1, 0.15) is 5.82 Å². The highest BCUT2D eigenvalue weighted by atomic mass is 16.2. The van der Waals surface area contributed by atoms with Crippen molar-refractivity contribution in [2.75, 3.05) is 11.4 Å². The lowest BCUT2D eigenvalue weighted by atomic mass is 10.1. The zero-order chi connectivity index (χ0) is 21.4. The molecule has 0 saturated carbocycles. The van der Waals surface area contributed by atoms with Gasteiger partial charge in [0.05, 0.1) is 11.0 Å². The third-order valence-electron chi connectivity index (χ3n) is 6.16. The largest absolute Gasteiger partial charge is 0.327 e. The minimum absolute atomic E-state index is 0.0940. The molecule has 5 rings (SSSR count). The molecule has 1 saturated heterocycles. The molecule has 0 N–H and O–H groups in total. The number of nitrogens with zero attached hydrogens (tertiary/aromatic N) is 3. The van der Waals surface area contributed by atoms with Gasteiger partial charge in [-0.3, -0.25) is 4.79 Å². The van der Waals surface area contributed by atoms with Crippen molar-refractivity contribution < 1.29 is 4.79 Å². The van der Waals surface area contributed by atoms with Crippen molar-refractivity contribution in [1.29, 1.82) is 0 Å². The Labute approximate surface area is 183 Å².